The number of aryl methyl sites for hydroxylation is 1. The first-order valence-electron chi connectivity index (χ1n) is 7.49. The van der Waals surface area contributed by atoms with Crippen LogP contribution in [0.4, 0.5) is 0 Å². The quantitative estimate of drug-likeness (QED) is 0.847. The third-order valence-electron chi connectivity index (χ3n) is 3.96. The van der Waals surface area contributed by atoms with Crippen LogP contribution in [0.15, 0.2) is 17.8 Å². The molecule has 6 heteroatoms. The van der Waals surface area contributed by atoms with Crippen LogP contribution in [0.25, 0.3) is 10.6 Å². The molecule has 0 amide bonds. The molecule has 4 nitrogen and oxygen atoms in total. The van der Waals surface area contributed by atoms with Crippen LogP contribution in [0.1, 0.15) is 37.8 Å². The summed E-state index contributed by atoms with van der Waals surface area (Å²) in [5.74, 6) is 2.10. The Morgan fingerprint density at radius 3 is 2.90 bits per heavy atom. The fraction of sp³-hybridized carbons (Fsp3) is 0.600. The molecule has 2 aromatic rings. The van der Waals surface area contributed by atoms with Crippen LogP contribution in [0, 0.1) is 5.92 Å². The molecule has 0 unspecified atom stereocenters. The molecule has 2 aromatic heterocycles. The Morgan fingerprint density at radius 1 is 1.38 bits per heavy atom. The van der Waals surface area contributed by atoms with Gasteiger partial charge in [0.1, 0.15) is 5.01 Å². The second-order valence-corrected chi connectivity index (χ2v) is 8.16. The molecule has 1 atom stereocenters. The monoisotopic (exact) mass is 323 g/mol. The molecule has 2 heterocycles. The van der Waals surface area contributed by atoms with Crippen LogP contribution in [-0.2, 0) is 23.6 Å². The van der Waals surface area contributed by atoms with E-state index in [1.54, 1.807) is 16.0 Å². The Balaban J connectivity index is 1.57. The van der Waals surface area contributed by atoms with Gasteiger partial charge in [-0.1, -0.05) is 19.3 Å². The Morgan fingerprint density at radius 2 is 2.19 bits per heavy atom. The number of aromatic nitrogens is 3. The highest BCUT2D eigenvalue weighted by atomic mass is 32.2. The van der Waals surface area contributed by atoms with Crippen LogP contribution < -0.4 is 0 Å². The summed E-state index contributed by atoms with van der Waals surface area (Å²) in [7, 11) is 1.12. The first kappa shape index (κ1) is 14.9. The van der Waals surface area contributed by atoms with Gasteiger partial charge in [0, 0.05) is 40.7 Å². The van der Waals surface area contributed by atoms with Crippen molar-refractivity contribution in [2.45, 2.75) is 37.9 Å². The summed E-state index contributed by atoms with van der Waals surface area (Å²) in [6.45, 7) is 0. The van der Waals surface area contributed by atoms with Crippen LogP contribution >= 0.6 is 11.3 Å². The molecule has 21 heavy (non-hydrogen) atoms. The first-order chi connectivity index (χ1) is 10.2. The van der Waals surface area contributed by atoms with Crippen molar-refractivity contribution >= 4 is 22.1 Å². The van der Waals surface area contributed by atoms with E-state index < -0.39 is 10.8 Å². The molecular formula is C15H21N3OS2. The van der Waals surface area contributed by atoms with Gasteiger partial charge in [0.05, 0.1) is 17.6 Å². The van der Waals surface area contributed by atoms with Crippen LogP contribution in [0.3, 0.4) is 0 Å². The summed E-state index contributed by atoms with van der Waals surface area (Å²) in [4.78, 5) is 4.60. The highest BCUT2D eigenvalue weighted by Gasteiger charge is 2.17. The lowest BCUT2D eigenvalue weighted by atomic mass is 9.91. The number of rotatable bonds is 5. The van der Waals surface area contributed by atoms with Gasteiger partial charge < -0.3 is 0 Å². The van der Waals surface area contributed by atoms with Gasteiger partial charge in [-0.15, -0.1) is 11.3 Å². The normalized spacial score (nSPS) is 18.0. The van der Waals surface area contributed by atoms with Crippen molar-refractivity contribution < 1.29 is 4.21 Å². The van der Waals surface area contributed by atoms with Gasteiger partial charge in [0.25, 0.3) is 0 Å². The van der Waals surface area contributed by atoms with Gasteiger partial charge in [-0.25, -0.2) is 4.98 Å². The molecule has 0 N–H and O–H groups in total. The number of nitrogens with zero attached hydrogens (tertiary/aromatic N) is 3. The topological polar surface area (TPSA) is 47.8 Å². The van der Waals surface area contributed by atoms with Gasteiger partial charge >= 0.3 is 0 Å². The van der Waals surface area contributed by atoms with Crippen LogP contribution in [0.5, 0.6) is 0 Å². The van der Waals surface area contributed by atoms with Crippen molar-refractivity contribution in [3.05, 3.63) is 23.5 Å². The van der Waals surface area contributed by atoms with Crippen molar-refractivity contribution in [3.63, 3.8) is 0 Å². The molecule has 0 aromatic carbocycles. The molecule has 0 spiro atoms. The standard InChI is InChI=1S/C15H21N3OS2/c1-18-8-13(7-16-18)15-17-14(9-20-15)11-21(19)10-12-5-3-2-4-6-12/h7-9,12H,2-6,10-11H2,1H3/t21-/m0/s1. The van der Waals surface area contributed by atoms with Crippen molar-refractivity contribution in [2.24, 2.45) is 13.0 Å². The lowest BCUT2D eigenvalue weighted by Gasteiger charge is -2.20. The Hall–Kier alpha value is -1.01. The lowest BCUT2D eigenvalue weighted by Crippen LogP contribution is -2.15. The molecule has 0 bridgehead atoms. The zero-order valence-electron chi connectivity index (χ0n) is 12.3. The smallest absolute Gasteiger partial charge is 0.126 e. The minimum absolute atomic E-state index is 0.591. The highest BCUT2D eigenvalue weighted by Crippen LogP contribution is 2.26. The van der Waals surface area contributed by atoms with E-state index in [2.05, 4.69) is 10.1 Å². The summed E-state index contributed by atoms with van der Waals surface area (Å²) in [5, 5.41) is 7.16. The molecule has 1 saturated carbocycles. The Labute approximate surface area is 132 Å². The van der Waals surface area contributed by atoms with Crippen molar-refractivity contribution in [2.75, 3.05) is 5.75 Å². The van der Waals surface area contributed by atoms with E-state index in [1.165, 1.54) is 32.1 Å². The van der Waals surface area contributed by atoms with Crippen molar-refractivity contribution in [1.82, 2.24) is 14.8 Å². The van der Waals surface area contributed by atoms with E-state index in [0.717, 1.165) is 22.0 Å². The molecule has 1 aliphatic rings. The summed E-state index contributed by atoms with van der Waals surface area (Å²) < 4.78 is 14.1. The number of thiazole rings is 1. The van der Waals surface area contributed by atoms with Crippen molar-refractivity contribution in [1.29, 1.82) is 0 Å². The highest BCUT2D eigenvalue weighted by molar-refractivity contribution is 7.84. The lowest BCUT2D eigenvalue weighted by molar-refractivity contribution is 0.388. The summed E-state index contributed by atoms with van der Waals surface area (Å²) >= 11 is 1.61. The molecule has 3 rings (SSSR count). The van der Waals surface area contributed by atoms with E-state index in [0.29, 0.717) is 11.7 Å². The maximum Gasteiger partial charge on any atom is 0.126 e. The second kappa shape index (κ2) is 6.83. The predicted molar refractivity (Wildman–Crippen MR) is 87.6 cm³/mol. The Kier molecular flexibility index (Phi) is 4.85. The van der Waals surface area contributed by atoms with E-state index in [4.69, 9.17) is 0 Å². The van der Waals surface area contributed by atoms with Gasteiger partial charge in [-0.05, 0) is 18.8 Å². The molecule has 0 radical (unpaired) electrons. The minimum atomic E-state index is -0.783. The number of hydrogen-bond donors (Lipinski definition) is 0. The predicted octanol–water partition coefficient (Wildman–Crippen LogP) is 3.37. The average molecular weight is 323 g/mol. The largest absolute Gasteiger partial charge is 0.275 e. The zero-order chi connectivity index (χ0) is 14.7. The maximum atomic E-state index is 12.3. The fourth-order valence-electron chi connectivity index (χ4n) is 2.88. The Bertz CT molecular complexity index is 614. The summed E-state index contributed by atoms with van der Waals surface area (Å²) in [6.07, 6.45) is 10.3. The maximum absolute atomic E-state index is 12.3. The molecule has 0 aliphatic heterocycles. The van der Waals surface area contributed by atoms with Crippen LogP contribution in [-0.4, -0.2) is 24.7 Å². The van der Waals surface area contributed by atoms with E-state index >= 15 is 0 Å². The zero-order valence-corrected chi connectivity index (χ0v) is 14.0. The van der Waals surface area contributed by atoms with Gasteiger partial charge in [-0.3, -0.25) is 8.89 Å². The van der Waals surface area contributed by atoms with Gasteiger partial charge in [0.15, 0.2) is 0 Å². The minimum Gasteiger partial charge on any atom is -0.275 e. The van der Waals surface area contributed by atoms with E-state index in [9.17, 15) is 4.21 Å². The third-order valence-corrected chi connectivity index (χ3v) is 6.36. The molecule has 1 aliphatic carbocycles. The summed E-state index contributed by atoms with van der Waals surface area (Å²) in [5.41, 5.74) is 1.99. The molecule has 1 fully saturated rings. The molecule has 0 saturated heterocycles. The SMILES string of the molecule is Cn1cc(-c2nc(C[S@@](=O)CC3CCCCC3)cs2)cn1. The second-order valence-electron chi connectivity index (χ2n) is 5.80. The van der Waals surface area contributed by atoms with Gasteiger partial charge in [0.2, 0.25) is 0 Å². The van der Waals surface area contributed by atoms with E-state index in [1.807, 2.05) is 24.8 Å². The van der Waals surface area contributed by atoms with Gasteiger partial charge in [-0.2, -0.15) is 5.10 Å². The molecular weight excluding hydrogens is 302 g/mol. The average Bonchev–Trinajstić information content (AvgIpc) is 3.09. The third kappa shape index (κ3) is 4.01. The van der Waals surface area contributed by atoms with Crippen molar-refractivity contribution in [3.8, 4) is 10.6 Å². The summed E-state index contributed by atoms with van der Waals surface area (Å²) in [6, 6.07) is 0. The number of hydrogen-bond acceptors (Lipinski definition) is 4. The first-order valence-corrected chi connectivity index (χ1v) is 9.86. The fourth-order valence-corrected chi connectivity index (χ4v) is 5.23. The molecule has 114 valence electrons. The van der Waals surface area contributed by atoms with Crippen LogP contribution in [0.2, 0.25) is 0 Å². The van der Waals surface area contributed by atoms with E-state index in [-0.39, 0.29) is 0 Å².